The van der Waals surface area contributed by atoms with Crippen LogP contribution in [0, 0.1) is 10.1 Å². The molecule has 1 aliphatic rings. The van der Waals surface area contributed by atoms with E-state index in [1.165, 1.54) is 7.11 Å². The molecule has 0 aromatic carbocycles. The van der Waals surface area contributed by atoms with Crippen LogP contribution in [-0.4, -0.2) is 36.6 Å². The standard InChI is InChI=1S/C10H14N2O6/c1-3-18-10(14)8(12(15)16)6-4-5-7(11-6)9(13)17-2/h7,11H,3-5H2,1-2H3/b8-6-. The van der Waals surface area contributed by atoms with Crippen LogP contribution in [0.4, 0.5) is 0 Å². The summed E-state index contributed by atoms with van der Waals surface area (Å²) in [6, 6.07) is -0.658. The molecule has 100 valence electrons. The molecular formula is C10H14N2O6. The number of methoxy groups -OCH3 is 1. The molecule has 0 amide bonds. The zero-order chi connectivity index (χ0) is 13.7. The van der Waals surface area contributed by atoms with Crippen molar-refractivity contribution in [3.8, 4) is 0 Å². The summed E-state index contributed by atoms with van der Waals surface area (Å²) in [5.74, 6) is -1.52. The van der Waals surface area contributed by atoms with Crippen molar-refractivity contribution in [3.05, 3.63) is 21.5 Å². The second kappa shape index (κ2) is 5.99. The summed E-state index contributed by atoms with van der Waals surface area (Å²) >= 11 is 0. The van der Waals surface area contributed by atoms with E-state index in [1.807, 2.05) is 0 Å². The van der Waals surface area contributed by atoms with Crippen LogP contribution >= 0.6 is 0 Å². The Bertz CT molecular complexity index is 403. The second-order valence-electron chi connectivity index (χ2n) is 3.56. The lowest BCUT2D eigenvalue weighted by atomic mass is 10.2. The average Bonchev–Trinajstić information content (AvgIpc) is 2.77. The molecule has 0 aromatic heterocycles. The number of rotatable bonds is 4. The second-order valence-corrected chi connectivity index (χ2v) is 3.56. The predicted octanol–water partition coefficient (Wildman–Crippen LogP) is -0.0372. The molecule has 0 aliphatic carbocycles. The van der Waals surface area contributed by atoms with Gasteiger partial charge in [0.2, 0.25) is 0 Å². The number of nitrogens with one attached hydrogen (secondary N) is 1. The molecule has 18 heavy (non-hydrogen) atoms. The smallest absolute Gasteiger partial charge is 0.411 e. The Morgan fingerprint density at radius 3 is 2.72 bits per heavy atom. The molecular weight excluding hydrogens is 244 g/mol. The normalized spacial score (nSPS) is 20.9. The number of ether oxygens (including phenoxy) is 2. The molecule has 1 atom stereocenters. The van der Waals surface area contributed by atoms with Crippen molar-refractivity contribution in [1.29, 1.82) is 0 Å². The Morgan fingerprint density at radius 2 is 2.22 bits per heavy atom. The van der Waals surface area contributed by atoms with Crippen molar-refractivity contribution in [2.75, 3.05) is 13.7 Å². The Kier molecular flexibility index (Phi) is 4.64. The first-order valence-corrected chi connectivity index (χ1v) is 5.40. The van der Waals surface area contributed by atoms with Gasteiger partial charge in [0.15, 0.2) is 0 Å². The third kappa shape index (κ3) is 2.96. The zero-order valence-electron chi connectivity index (χ0n) is 10.1. The number of carbonyl (C=O) groups is 2. The van der Waals surface area contributed by atoms with Crippen molar-refractivity contribution >= 4 is 11.9 Å². The zero-order valence-corrected chi connectivity index (χ0v) is 10.1. The lowest BCUT2D eigenvalue weighted by molar-refractivity contribution is -0.422. The highest BCUT2D eigenvalue weighted by molar-refractivity contribution is 5.87. The van der Waals surface area contributed by atoms with Gasteiger partial charge >= 0.3 is 17.6 Å². The van der Waals surface area contributed by atoms with Crippen LogP contribution in [0.15, 0.2) is 11.4 Å². The van der Waals surface area contributed by atoms with Crippen LogP contribution in [0.25, 0.3) is 0 Å². The van der Waals surface area contributed by atoms with E-state index >= 15 is 0 Å². The van der Waals surface area contributed by atoms with E-state index in [2.05, 4.69) is 14.8 Å². The van der Waals surface area contributed by atoms with Crippen LogP contribution in [-0.2, 0) is 19.1 Å². The molecule has 1 unspecified atom stereocenters. The average molecular weight is 258 g/mol. The van der Waals surface area contributed by atoms with Gasteiger partial charge in [-0.25, -0.2) is 9.59 Å². The molecule has 1 heterocycles. The van der Waals surface area contributed by atoms with Gasteiger partial charge in [-0.1, -0.05) is 0 Å². The number of carbonyl (C=O) groups excluding carboxylic acids is 2. The molecule has 0 radical (unpaired) electrons. The van der Waals surface area contributed by atoms with E-state index in [9.17, 15) is 19.7 Å². The highest BCUT2D eigenvalue weighted by Gasteiger charge is 2.36. The molecule has 0 spiro atoms. The molecule has 1 fully saturated rings. The van der Waals surface area contributed by atoms with Gasteiger partial charge in [0.05, 0.1) is 24.3 Å². The maximum absolute atomic E-state index is 11.4. The topological polar surface area (TPSA) is 108 Å². The number of hydrogen-bond acceptors (Lipinski definition) is 7. The Balaban J connectivity index is 2.92. The van der Waals surface area contributed by atoms with Crippen molar-refractivity contribution in [3.63, 3.8) is 0 Å². The van der Waals surface area contributed by atoms with E-state index in [1.54, 1.807) is 6.92 Å². The minimum atomic E-state index is -1.00. The quantitative estimate of drug-likeness (QED) is 0.326. The van der Waals surface area contributed by atoms with E-state index in [0.29, 0.717) is 6.42 Å². The molecule has 1 N–H and O–H groups in total. The van der Waals surface area contributed by atoms with Crippen LogP contribution in [0.2, 0.25) is 0 Å². The molecule has 1 rings (SSSR count). The third-order valence-corrected chi connectivity index (χ3v) is 2.45. The number of nitrogens with zero attached hydrogens (tertiary/aromatic N) is 1. The van der Waals surface area contributed by atoms with Gasteiger partial charge < -0.3 is 14.8 Å². The summed E-state index contributed by atoms with van der Waals surface area (Å²) in [7, 11) is 1.23. The predicted molar refractivity (Wildman–Crippen MR) is 58.8 cm³/mol. The van der Waals surface area contributed by atoms with Crippen LogP contribution in [0.1, 0.15) is 19.8 Å². The lowest BCUT2D eigenvalue weighted by Crippen LogP contribution is -2.32. The minimum Gasteiger partial charge on any atom is -0.467 e. The van der Waals surface area contributed by atoms with E-state index in [0.717, 1.165) is 0 Å². The van der Waals surface area contributed by atoms with E-state index < -0.39 is 28.6 Å². The summed E-state index contributed by atoms with van der Waals surface area (Å²) in [6.07, 6.45) is 0.577. The monoisotopic (exact) mass is 258 g/mol. The fraction of sp³-hybridized carbons (Fsp3) is 0.600. The SMILES string of the molecule is CCOC(=O)/C(=C1\CCC(C(=O)OC)N1)[N+](=O)[O-]. The Hall–Kier alpha value is -2.12. The number of nitro groups is 1. The van der Waals surface area contributed by atoms with Crippen molar-refractivity contribution < 1.29 is 24.0 Å². The maximum Gasteiger partial charge on any atom is 0.411 e. The van der Waals surface area contributed by atoms with Crippen LogP contribution in [0.5, 0.6) is 0 Å². The van der Waals surface area contributed by atoms with Crippen molar-refractivity contribution in [1.82, 2.24) is 5.32 Å². The van der Waals surface area contributed by atoms with E-state index in [4.69, 9.17) is 0 Å². The molecule has 0 aromatic rings. The number of allylic oxidation sites excluding steroid dienone is 1. The van der Waals surface area contributed by atoms with E-state index in [-0.39, 0.29) is 18.7 Å². The van der Waals surface area contributed by atoms with Gasteiger partial charge in [-0.3, -0.25) is 10.1 Å². The number of hydrogen-bond donors (Lipinski definition) is 1. The molecule has 1 aliphatic heterocycles. The highest BCUT2D eigenvalue weighted by Crippen LogP contribution is 2.21. The summed E-state index contributed by atoms with van der Waals surface area (Å²) < 4.78 is 9.13. The van der Waals surface area contributed by atoms with Crippen molar-refractivity contribution in [2.24, 2.45) is 0 Å². The first-order valence-electron chi connectivity index (χ1n) is 5.40. The molecule has 0 bridgehead atoms. The van der Waals surface area contributed by atoms with Crippen molar-refractivity contribution in [2.45, 2.75) is 25.8 Å². The largest absolute Gasteiger partial charge is 0.467 e. The number of esters is 2. The molecule has 1 saturated heterocycles. The fourth-order valence-corrected chi connectivity index (χ4v) is 1.66. The van der Waals surface area contributed by atoms with Gasteiger partial charge in [-0.05, 0) is 19.8 Å². The molecule has 8 nitrogen and oxygen atoms in total. The van der Waals surface area contributed by atoms with Gasteiger partial charge in [-0.2, -0.15) is 0 Å². The first kappa shape index (κ1) is 13.9. The van der Waals surface area contributed by atoms with Gasteiger partial charge in [0.25, 0.3) is 0 Å². The lowest BCUT2D eigenvalue weighted by Gasteiger charge is -2.08. The fourth-order valence-electron chi connectivity index (χ4n) is 1.66. The maximum atomic E-state index is 11.4. The summed E-state index contributed by atoms with van der Waals surface area (Å²) in [4.78, 5) is 32.7. The minimum absolute atomic E-state index is 0.0455. The van der Waals surface area contributed by atoms with Crippen LogP contribution in [0.3, 0.4) is 0 Å². The van der Waals surface area contributed by atoms with Gasteiger partial charge in [0.1, 0.15) is 6.04 Å². The summed E-state index contributed by atoms with van der Waals surface area (Å²) in [5, 5.41) is 13.5. The third-order valence-electron chi connectivity index (χ3n) is 2.45. The molecule has 0 saturated carbocycles. The highest BCUT2D eigenvalue weighted by atomic mass is 16.6. The van der Waals surface area contributed by atoms with Gasteiger partial charge in [-0.15, -0.1) is 0 Å². The Labute approximate surface area is 103 Å². The Morgan fingerprint density at radius 1 is 1.56 bits per heavy atom. The molecule has 8 heteroatoms. The summed E-state index contributed by atoms with van der Waals surface area (Å²) in [6.45, 7) is 1.60. The van der Waals surface area contributed by atoms with Crippen LogP contribution < -0.4 is 5.32 Å². The van der Waals surface area contributed by atoms with Gasteiger partial charge in [0, 0.05) is 0 Å². The summed E-state index contributed by atoms with van der Waals surface area (Å²) in [5.41, 5.74) is -0.544. The first-order chi connectivity index (χ1) is 8.51.